The summed E-state index contributed by atoms with van der Waals surface area (Å²) < 4.78 is 11.6. The van der Waals surface area contributed by atoms with Gasteiger partial charge in [-0.15, -0.1) is 0 Å². The molecule has 0 N–H and O–H groups in total. The van der Waals surface area contributed by atoms with Crippen LogP contribution in [0.3, 0.4) is 0 Å². The summed E-state index contributed by atoms with van der Waals surface area (Å²) in [5, 5.41) is 0. The molecule has 1 aromatic carbocycles. The van der Waals surface area contributed by atoms with Crippen LogP contribution in [0.4, 0.5) is 0 Å². The summed E-state index contributed by atoms with van der Waals surface area (Å²) in [6.07, 6.45) is 6.36. The van der Waals surface area contributed by atoms with Gasteiger partial charge in [0.2, 0.25) is 0 Å². The molecule has 20 heavy (non-hydrogen) atoms. The molecule has 2 atom stereocenters. The van der Waals surface area contributed by atoms with Gasteiger partial charge in [-0.05, 0) is 55.7 Å². The molecule has 0 heterocycles. The number of hydrogen-bond acceptors (Lipinski definition) is 2. The molecule has 2 unspecified atom stereocenters. The van der Waals surface area contributed by atoms with Crippen molar-refractivity contribution in [1.82, 2.24) is 0 Å². The average Bonchev–Trinajstić information content (AvgIpc) is 2.98. The van der Waals surface area contributed by atoms with Crippen LogP contribution in [0.15, 0.2) is 24.3 Å². The van der Waals surface area contributed by atoms with Gasteiger partial charge in [0.15, 0.2) is 6.29 Å². The SMILES string of the molecule is CCC(C)c1ccc(OC(C)OCC2CCCC2)cc1. The molecule has 2 nitrogen and oxygen atoms in total. The van der Waals surface area contributed by atoms with Crippen molar-refractivity contribution in [2.45, 2.75) is 65.1 Å². The third-order valence-electron chi connectivity index (χ3n) is 4.40. The quantitative estimate of drug-likeness (QED) is 0.643. The Morgan fingerprint density at radius 2 is 1.75 bits per heavy atom. The van der Waals surface area contributed by atoms with Crippen LogP contribution in [0.2, 0.25) is 0 Å². The molecule has 0 aliphatic heterocycles. The van der Waals surface area contributed by atoms with E-state index in [-0.39, 0.29) is 6.29 Å². The predicted molar refractivity (Wildman–Crippen MR) is 83.1 cm³/mol. The van der Waals surface area contributed by atoms with E-state index < -0.39 is 0 Å². The summed E-state index contributed by atoms with van der Waals surface area (Å²) in [4.78, 5) is 0. The zero-order valence-corrected chi connectivity index (χ0v) is 13.1. The van der Waals surface area contributed by atoms with Gasteiger partial charge >= 0.3 is 0 Å². The Hall–Kier alpha value is -1.02. The Morgan fingerprint density at radius 1 is 1.10 bits per heavy atom. The molecule has 1 aliphatic rings. The minimum atomic E-state index is -0.162. The van der Waals surface area contributed by atoms with E-state index in [9.17, 15) is 0 Å². The molecule has 0 spiro atoms. The summed E-state index contributed by atoms with van der Waals surface area (Å²) in [7, 11) is 0. The van der Waals surface area contributed by atoms with Gasteiger partial charge in [0.05, 0.1) is 6.61 Å². The standard InChI is InChI=1S/C18H28O2/c1-4-14(2)17-9-11-18(12-10-17)20-15(3)19-13-16-7-5-6-8-16/h9-12,14-16H,4-8,13H2,1-3H3. The largest absolute Gasteiger partial charge is 0.465 e. The summed E-state index contributed by atoms with van der Waals surface area (Å²) in [6.45, 7) is 7.29. The Bertz CT molecular complexity index is 379. The Balaban J connectivity index is 1.76. The fourth-order valence-corrected chi connectivity index (χ4v) is 2.78. The fraction of sp³-hybridized carbons (Fsp3) is 0.667. The van der Waals surface area contributed by atoms with E-state index in [0.29, 0.717) is 5.92 Å². The molecule has 0 amide bonds. The monoisotopic (exact) mass is 276 g/mol. The van der Waals surface area contributed by atoms with Gasteiger partial charge < -0.3 is 9.47 Å². The minimum Gasteiger partial charge on any atom is -0.465 e. The maximum absolute atomic E-state index is 5.82. The highest BCUT2D eigenvalue weighted by molar-refractivity contribution is 5.29. The second-order valence-electron chi connectivity index (χ2n) is 6.05. The molecule has 2 heteroatoms. The smallest absolute Gasteiger partial charge is 0.196 e. The van der Waals surface area contributed by atoms with E-state index in [1.807, 2.05) is 6.92 Å². The number of benzene rings is 1. The van der Waals surface area contributed by atoms with Crippen molar-refractivity contribution in [1.29, 1.82) is 0 Å². The summed E-state index contributed by atoms with van der Waals surface area (Å²) in [5.74, 6) is 2.25. The first-order chi connectivity index (χ1) is 9.69. The fourth-order valence-electron chi connectivity index (χ4n) is 2.78. The predicted octanol–water partition coefficient (Wildman–Crippen LogP) is 5.13. The molecular weight excluding hydrogens is 248 g/mol. The van der Waals surface area contributed by atoms with E-state index in [1.165, 1.54) is 37.7 Å². The van der Waals surface area contributed by atoms with Crippen LogP contribution in [0.25, 0.3) is 0 Å². The molecule has 1 fully saturated rings. The summed E-state index contributed by atoms with van der Waals surface area (Å²) in [5.41, 5.74) is 1.37. The molecule has 0 bridgehead atoms. The maximum atomic E-state index is 5.82. The molecule has 1 saturated carbocycles. The number of rotatable bonds is 7. The molecule has 0 saturated heterocycles. The van der Waals surface area contributed by atoms with Crippen molar-refractivity contribution in [3.8, 4) is 5.75 Å². The van der Waals surface area contributed by atoms with Crippen LogP contribution in [0, 0.1) is 5.92 Å². The molecule has 1 aromatic rings. The number of ether oxygens (including phenoxy) is 2. The van der Waals surface area contributed by atoms with E-state index >= 15 is 0 Å². The van der Waals surface area contributed by atoms with Gasteiger partial charge in [-0.2, -0.15) is 0 Å². The van der Waals surface area contributed by atoms with E-state index in [4.69, 9.17) is 9.47 Å². The van der Waals surface area contributed by atoms with Gasteiger partial charge in [0.25, 0.3) is 0 Å². The van der Waals surface area contributed by atoms with E-state index in [0.717, 1.165) is 18.3 Å². The van der Waals surface area contributed by atoms with Crippen LogP contribution in [-0.4, -0.2) is 12.9 Å². The molecule has 112 valence electrons. The minimum absolute atomic E-state index is 0.162. The highest BCUT2D eigenvalue weighted by Gasteiger charge is 2.16. The molecular formula is C18H28O2. The number of hydrogen-bond donors (Lipinski definition) is 0. The Kier molecular flexibility index (Phi) is 5.90. The van der Waals surface area contributed by atoms with Gasteiger partial charge in [-0.3, -0.25) is 0 Å². The van der Waals surface area contributed by atoms with E-state index in [2.05, 4.69) is 38.1 Å². The second kappa shape index (κ2) is 7.68. The lowest BCUT2D eigenvalue weighted by Gasteiger charge is -2.18. The second-order valence-corrected chi connectivity index (χ2v) is 6.05. The Labute approximate surface area is 123 Å². The van der Waals surface area contributed by atoms with Crippen molar-refractivity contribution in [2.75, 3.05) is 6.61 Å². The maximum Gasteiger partial charge on any atom is 0.196 e. The van der Waals surface area contributed by atoms with Crippen molar-refractivity contribution in [3.05, 3.63) is 29.8 Å². The van der Waals surface area contributed by atoms with Gasteiger partial charge in [-0.1, -0.05) is 38.8 Å². The third kappa shape index (κ3) is 4.52. The van der Waals surface area contributed by atoms with Crippen molar-refractivity contribution in [3.63, 3.8) is 0 Å². The van der Waals surface area contributed by atoms with Crippen LogP contribution < -0.4 is 4.74 Å². The lowest BCUT2D eigenvalue weighted by Crippen LogP contribution is -2.19. The van der Waals surface area contributed by atoms with Crippen LogP contribution in [0.5, 0.6) is 5.75 Å². The topological polar surface area (TPSA) is 18.5 Å². The lowest BCUT2D eigenvalue weighted by atomic mass is 9.99. The Morgan fingerprint density at radius 3 is 2.35 bits per heavy atom. The van der Waals surface area contributed by atoms with Gasteiger partial charge in [-0.25, -0.2) is 0 Å². The normalized spacial score (nSPS) is 18.9. The first-order valence-electron chi connectivity index (χ1n) is 8.07. The zero-order valence-electron chi connectivity index (χ0n) is 13.1. The van der Waals surface area contributed by atoms with Crippen LogP contribution in [-0.2, 0) is 4.74 Å². The summed E-state index contributed by atoms with van der Waals surface area (Å²) >= 11 is 0. The van der Waals surface area contributed by atoms with Gasteiger partial charge in [0, 0.05) is 0 Å². The average molecular weight is 276 g/mol. The third-order valence-corrected chi connectivity index (χ3v) is 4.40. The first kappa shape index (κ1) is 15.4. The van der Waals surface area contributed by atoms with Gasteiger partial charge in [0.1, 0.15) is 5.75 Å². The van der Waals surface area contributed by atoms with Crippen molar-refractivity contribution in [2.24, 2.45) is 5.92 Å². The highest BCUT2D eigenvalue weighted by Crippen LogP contribution is 2.26. The first-order valence-corrected chi connectivity index (χ1v) is 8.07. The molecule has 0 radical (unpaired) electrons. The molecule has 0 aromatic heterocycles. The van der Waals surface area contributed by atoms with Crippen LogP contribution >= 0.6 is 0 Å². The van der Waals surface area contributed by atoms with E-state index in [1.54, 1.807) is 0 Å². The van der Waals surface area contributed by atoms with Crippen molar-refractivity contribution >= 4 is 0 Å². The highest BCUT2D eigenvalue weighted by atomic mass is 16.7. The zero-order chi connectivity index (χ0) is 14.4. The summed E-state index contributed by atoms with van der Waals surface area (Å²) in [6, 6.07) is 8.42. The molecule has 2 rings (SSSR count). The lowest BCUT2D eigenvalue weighted by molar-refractivity contribution is -0.0782. The van der Waals surface area contributed by atoms with Crippen LogP contribution in [0.1, 0.15) is 64.4 Å². The molecule has 1 aliphatic carbocycles. The van der Waals surface area contributed by atoms with Crippen molar-refractivity contribution < 1.29 is 9.47 Å².